The SMILES string of the molecule is CN(C)c1ncc(-c2c(C#N)c(N)nc3c2CN(C(=O)c2ccccc2)CC3)cn1.O=CO. The van der Waals surface area contributed by atoms with Gasteiger partial charge in [-0.25, -0.2) is 15.0 Å². The number of amides is 1. The number of nitrogen functional groups attached to an aromatic ring is 1. The lowest BCUT2D eigenvalue weighted by molar-refractivity contribution is -0.122. The van der Waals surface area contributed by atoms with Crippen molar-refractivity contribution in [1.82, 2.24) is 19.9 Å². The van der Waals surface area contributed by atoms with E-state index in [2.05, 4.69) is 21.0 Å². The fourth-order valence-corrected chi connectivity index (χ4v) is 3.63. The molecule has 10 nitrogen and oxygen atoms in total. The second-order valence-corrected chi connectivity index (χ2v) is 7.40. The van der Waals surface area contributed by atoms with Crippen LogP contribution in [0.3, 0.4) is 0 Å². The van der Waals surface area contributed by atoms with Crippen molar-refractivity contribution in [1.29, 1.82) is 5.26 Å². The first-order valence-electron chi connectivity index (χ1n) is 10.0. The van der Waals surface area contributed by atoms with Crippen molar-refractivity contribution in [2.75, 3.05) is 31.3 Å². The van der Waals surface area contributed by atoms with Crippen LogP contribution in [0.25, 0.3) is 11.1 Å². The lowest BCUT2D eigenvalue weighted by Crippen LogP contribution is -2.37. The maximum atomic E-state index is 13.0. The molecular weight excluding hydrogens is 422 g/mol. The zero-order valence-corrected chi connectivity index (χ0v) is 18.3. The summed E-state index contributed by atoms with van der Waals surface area (Å²) >= 11 is 0. The average molecular weight is 445 g/mol. The third-order valence-electron chi connectivity index (χ3n) is 5.13. The zero-order chi connectivity index (χ0) is 24.0. The third-order valence-corrected chi connectivity index (χ3v) is 5.13. The highest BCUT2D eigenvalue weighted by atomic mass is 16.3. The minimum atomic E-state index is -0.250. The Bertz CT molecular complexity index is 1190. The van der Waals surface area contributed by atoms with Gasteiger partial charge >= 0.3 is 0 Å². The minimum absolute atomic E-state index is 0.0539. The lowest BCUT2D eigenvalue weighted by atomic mass is 9.92. The molecule has 4 rings (SSSR count). The van der Waals surface area contributed by atoms with Crippen LogP contribution in [0.2, 0.25) is 0 Å². The molecule has 168 valence electrons. The highest BCUT2D eigenvalue weighted by Gasteiger charge is 2.28. The Morgan fingerprint density at radius 2 is 1.88 bits per heavy atom. The molecular formula is C23H23N7O3. The van der Waals surface area contributed by atoms with E-state index < -0.39 is 0 Å². The fourth-order valence-electron chi connectivity index (χ4n) is 3.63. The standard InChI is InChI=1S/C22H21N7O.CH2O2/c1-28(2)22-25-11-15(12-26-22)19-16(10-23)20(24)27-18-8-9-29(13-17(18)19)21(30)14-6-4-3-5-7-14;2-1-3/h3-7,11-12H,8-9,13H2,1-2H3,(H2,24,27);1H,(H,2,3). The normalized spacial score (nSPS) is 12.0. The molecule has 0 aliphatic carbocycles. The minimum Gasteiger partial charge on any atom is -0.483 e. The van der Waals surface area contributed by atoms with E-state index in [-0.39, 0.29) is 23.8 Å². The number of fused-ring (bicyclic) bond motifs is 1. The van der Waals surface area contributed by atoms with Crippen LogP contribution in [0.15, 0.2) is 42.7 Å². The Balaban J connectivity index is 0.000000968. The van der Waals surface area contributed by atoms with Crippen LogP contribution in [0.4, 0.5) is 11.8 Å². The van der Waals surface area contributed by atoms with Gasteiger partial charge in [-0.1, -0.05) is 18.2 Å². The first-order valence-corrected chi connectivity index (χ1v) is 10.0. The van der Waals surface area contributed by atoms with Crippen molar-refractivity contribution in [2.24, 2.45) is 0 Å². The van der Waals surface area contributed by atoms with Crippen molar-refractivity contribution in [3.05, 3.63) is 65.1 Å². The Kier molecular flexibility index (Phi) is 7.15. The quantitative estimate of drug-likeness (QED) is 0.577. The lowest BCUT2D eigenvalue weighted by Gasteiger charge is -2.30. The maximum Gasteiger partial charge on any atom is 0.290 e. The van der Waals surface area contributed by atoms with Crippen LogP contribution in [-0.2, 0) is 17.8 Å². The van der Waals surface area contributed by atoms with E-state index in [4.69, 9.17) is 15.6 Å². The van der Waals surface area contributed by atoms with E-state index in [1.54, 1.807) is 34.3 Å². The highest BCUT2D eigenvalue weighted by molar-refractivity contribution is 5.94. The van der Waals surface area contributed by atoms with Gasteiger partial charge in [-0.2, -0.15) is 5.26 Å². The van der Waals surface area contributed by atoms with Crippen molar-refractivity contribution in [3.63, 3.8) is 0 Å². The zero-order valence-electron chi connectivity index (χ0n) is 18.3. The number of hydrogen-bond donors (Lipinski definition) is 2. The molecule has 3 N–H and O–H groups in total. The summed E-state index contributed by atoms with van der Waals surface area (Å²) in [6, 6.07) is 11.3. The van der Waals surface area contributed by atoms with Crippen molar-refractivity contribution >= 4 is 24.1 Å². The number of nitrogens with zero attached hydrogens (tertiary/aromatic N) is 6. The summed E-state index contributed by atoms with van der Waals surface area (Å²) in [7, 11) is 3.71. The van der Waals surface area contributed by atoms with E-state index >= 15 is 0 Å². The van der Waals surface area contributed by atoms with Crippen molar-refractivity contribution in [3.8, 4) is 17.2 Å². The molecule has 0 unspecified atom stereocenters. The number of carbonyl (C=O) groups excluding carboxylic acids is 1. The summed E-state index contributed by atoms with van der Waals surface area (Å²) in [5.41, 5.74) is 9.95. The molecule has 3 aromatic rings. The Morgan fingerprint density at radius 3 is 2.45 bits per heavy atom. The van der Waals surface area contributed by atoms with Crippen molar-refractivity contribution in [2.45, 2.75) is 13.0 Å². The maximum absolute atomic E-state index is 13.0. The van der Waals surface area contributed by atoms with Crippen LogP contribution < -0.4 is 10.6 Å². The van der Waals surface area contributed by atoms with Gasteiger partial charge in [0.25, 0.3) is 12.4 Å². The predicted molar refractivity (Wildman–Crippen MR) is 122 cm³/mol. The van der Waals surface area contributed by atoms with E-state index in [1.807, 2.05) is 32.3 Å². The molecule has 1 amide bonds. The van der Waals surface area contributed by atoms with Crippen molar-refractivity contribution < 1.29 is 14.7 Å². The molecule has 1 aliphatic heterocycles. The smallest absolute Gasteiger partial charge is 0.290 e. The second-order valence-electron chi connectivity index (χ2n) is 7.40. The molecule has 0 fully saturated rings. The summed E-state index contributed by atoms with van der Waals surface area (Å²) in [6.07, 6.45) is 3.92. The topological polar surface area (TPSA) is 149 Å². The summed E-state index contributed by atoms with van der Waals surface area (Å²) in [5, 5.41) is 16.6. The number of pyridine rings is 1. The largest absolute Gasteiger partial charge is 0.483 e. The first-order chi connectivity index (χ1) is 15.9. The van der Waals surface area contributed by atoms with Gasteiger partial charge in [-0.15, -0.1) is 0 Å². The van der Waals surface area contributed by atoms with Crippen LogP contribution in [0.1, 0.15) is 27.2 Å². The first kappa shape index (κ1) is 23.1. The number of carbonyl (C=O) groups is 2. The van der Waals surface area contributed by atoms with E-state index in [0.29, 0.717) is 42.1 Å². The molecule has 0 saturated heterocycles. The fraction of sp³-hybridized carbons (Fsp3) is 0.217. The number of benzene rings is 1. The molecule has 0 saturated carbocycles. The molecule has 0 spiro atoms. The summed E-state index contributed by atoms with van der Waals surface area (Å²) in [6.45, 7) is 0.629. The average Bonchev–Trinajstić information content (AvgIpc) is 2.83. The number of nitrogens with two attached hydrogens (primary N) is 1. The molecule has 33 heavy (non-hydrogen) atoms. The second kappa shape index (κ2) is 10.2. The van der Waals surface area contributed by atoms with E-state index in [0.717, 1.165) is 11.3 Å². The highest BCUT2D eigenvalue weighted by Crippen LogP contribution is 2.35. The van der Waals surface area contributed by atoms with Gasteiger partial charge in [-0.05, 0) is 12.1 Å². The van der Waals surface area contributed by atoms with Gasteiger partial charge in [0.2, 0.25) is 5.95 Å². The summed E-state index contributed by atoms with van der Waals surface area (Å²) in [4.78, 5) is 38.1. The Hall–Kier alpha value is -4.52. The third kappa shape index (κ3) is 4.88. The van der Waals surface area contributed by atoms with Gasteiger partial charge in [0.1, 0.15) is 17.5 Å². The Labute approximate surface area is 190 Å². The van der Waals surface area contributed by atoms with Gasteiger partial charge in [-0.3, -0.25) is 9.59 Å². The monoisotopic (exact) mass is 445 g/mol. The molecule has 10 heteroatoms. The number of hydrogen-bond acceptors (Lipinski definition) is 8. The summed E-state index contributed by atoms with van der Waals surface area (Å²) in [5.74, 6) is 0.696. The molecule has 1 aliphatic rings. The number of anilines is 2. The molecule has 3 heterocycles. The van der Waals surface area contributed by atoms with E-state index in [9.17, 15) is 10.1 Å². The number of rotatable bonds is 3. The van der Waals surface area contributed by atoms with Gasteiger partial charge in [0, 0.05) is 68.3 Å². The van der Waals surface area contributed by atoms with E-state index in [1.165, 1.54) is 0 Å². The molecule has 0 radical (unpaired) electrons. The van der Waals surface area contributed by atoms with Crippen LogP contribution >= 0.6 is 0 Å². The van der Waals surface area contributed by atoms with Gasteiger partial charge in [0.05, 0.1) is 5.69 Å². The van der Waals surface area contributed by atoms with Gasteiger partial charge < -0.3 is 20.6 Å². The molecule has 2 aromatic heterocycles. The van der Waals surface area contributed by atoms with Crippen LogP contribution in [-0.4, -0.2) is 58.0 Å². The van der Waals surface area contributed by atoms with Crippen LogP contribution in [0.5, 0.6) is 0 Å². The molecule has 1 aromatic carbocycles. The number of carboxylic acid groups (broad SMARTS) is 1. The summed E-state index contributed by atoms with van der Waals surface area (Å²) < 4.78 is 0. The molecule has 0 bridgehead atoms. The number of nitriles is 1. The number of aromatic nitrogens is 3. The predicted octanol–water partition coefficient (Wildman–Crippen LogP) is 1.96. The molecule has 0 atom stereocenters. The van der Waals surface area contributed by atoms with Gasteiger partial charge in [0.15, 0.2) is 0 Å². The Morgan fingerprint density at radius 1 is 1.24 bits per heavy atom. The van der Waals surface area contributed by atoms with Crippen LogP contribution in [0, 0.1) is 11.3 Å².